The van der Waals surface area contributed by atoms with E-state index in [9.17, 15) is 4.79 Å². The Balaban J connectivity index is 2.02. The molecule has 0 bridgehead atoms. The number of nitrogens with one attached hydrogen (secondary N) is 2. The number of ether oxygens (including phenoxy) is 1. The van der Waals surface area contributed by atoms with Crippen molar-refractivity contribution < 1.29 is 9.53 Å². The molecule has 2 rings (SSSR count). The van der Waals surface area contributed by atoms with E-state index < -0.39 is 0 Å². The first kappa shape index (κ1) is 13.2. The summed E-state index contributed by atoms with van der Waals surface area (Å²) in [5.41, 5.74) is 1.86. The van der Waals surface area contributed by atoms with Crippen LogP contribution in [-0.2, 0) is 4.79 Å². The largest absolute Gasteiger partial charge is 0.494 e. The number of rotatable bonds is 4. The summed E-state index contributed by atoms with van der Waals surface area (Å²) >= 11 is 1.74. The number of carbonyl (C=O) groups excluding carboxylic acids is 1. The van der Waals surface area contributed by atoms with Crippen molar-refractivity contribution in [3.05, 3.63) is 23.8 Å². The van der Waals surface area contributed by atoms with Crippen LogP contribution in [0, 0.1) is 6.92 Å². The van der Waals surface area contributed by atoms with Gasteiger partial charge in [0, 0.05) is 17.3 Å². The minimum atomic E-state index is -0.0824. The van der Waals surface area contributed by atoms with Crippen molar-refractivity contribution in [2.75, 3.05) is 23.6 Å². The molecule has 2 N–H and O–H groups in total. The van der Waals surface area contributed by atoms with Gasteiger partial charge in [-0.25, -0.2) is 0 Å². The van der Waals surface area contributed by atoms with Crippen LogP contribution in [0.25, 0.3) is 0 Å². The van der Waals surface area contributed by atoms with Crippen molar-refractivity contribution in [3.8, 4) is 5.75 Å². The van der Waals surface area contributed by atoms with Crippen LogP contribution in [0.2, 0.25) is 0 Å². The number of aryl methyl sites for hydroxylation is 1. The van der Waals surface area contributed by atoms with Gasteiger partial charge in [0.25, 0.3) is 0 Å². The van der Waals surface area contributed by atoms with Crippen molar-refractivity contribution in [1.29, 1.82) is 0 Å². The topological polar surface area (TPSA) is 50.4 Å². The van der Waals surface area contributed by atoms with Crippen LogP contribution < -0.4 is 15.4 Å². The van der Waals surface area contributed by atoms with Gasteiger partial charge in [-0.1, -0.05) is 0 Å². The van der Waals surface area contributed by atoms with Crippen molar-refractivity contribution in [1.82, 2.24) is 5.32 Å². The van der Waals surface area contributed by atoms with Gasteiger partial charge in [-0.2, -0.15) is 0 Å². The van der Waals surface area contributed by atoms with Crippen LogP contribution in [0.15, 0.2) is 18.2 Å². The predicted molar refractivity (Wildman–Crippen MR) is 75.2 cm³/mol. The Kier molecular flexibility index (Phi) is 4.49. The third-order valence-corrected chi connectivity index (χ3v) is 3.74. The Morgan fingerprint density at radius 2 is 2.44 bits per heavy atom. The zero-order chi connectivity index (χ0) is 13.0. The highest BCUT2D eigenvalue weighted by Gasteiger charge is 2.22. The Bertz CT molecular complexity index is 431. The molecule has 0 spiro atoms. The van der Waals surface area contributed by atoms with Gasteiger partial charge in [0.05, 0.1) is 12.6 Å². The second-order valence-electron chi connectivity index (χ2n) is 4.17. The first-order chi connectivity index (χ1) is 8.70. The molecule has 1 saturated heterocycles. The maximum Gasteiger partial charge on any atom is 0.242 e. The molecule has 1 heterocycles. The van der Waals surface area contributed by atoms with Crippen LogP contribution >= 0.6 is 11.8 Å². The molecule has 5 heteroatoms. The number of anilines is 1. The molecule has 1 aromatic carbocycles. The molecule has 1 aliphatic heterocycles. The summed E-state index contributed by atoms with van der Waals surface area (Å²) in [5, 5.41) is 6.11. The number of hydrogen-bond acceptors (Lipinski definition) is 4. The van der Waals surface area contributed by atoms with Gasteiger partial charge in [0.2, 0.25) is 5.91 Å². The highest BCUT2D eigenvalue weighted by Crippen LogP contribution is 2.22. The molecule has 1 fully saturated rings. The summed E-state index contributed by atoms with van der Waals surface area (Å²) in [6, 6.07) is 5.63. The van der Waals surface area contributed by atoms with Crippen molar-refractivity contribution in [3.63, 3.8) is 0 Å². The first-order valence-electron chi connectivity index (χ1n) is 6.06. The number of benzene rings is 1. The second kappa shape index (κ2) is 6.11. The average molecular weight is 266 g/mol. The highest BCUT2D eigenvalue weighted by molar-refractivity contribution is 7.99. The molecule has 1 atom stereocenters. The summed E-state index contributed by atoms with van der Waals surface area (Å²) in [6.45, 7) is 4.57. The standard InChI is InChI=1S/C13H18N2O2S/c1-3-17-10-4-5-11(9(2)6-10)15-13(16)12-7-18-8-14-12/h4-6,12,14H,3,7-8H2,1-2H3,(H,15,16). The molecule has 1 unspecified atom stereocenters. The van der Waals surface area contributed by atoms with Gasteiger partial charge >= 0.3 is 0 Å². The van der Waals surface area contributed by atoms with E-state index in [0.29, 0.717) is 6.61 Å². The van der Waals surface area contributed by atoms with Gasteiger partial charge in [-0.05, 0) is 37.6 Å². The fourth-order valence-electron chi connectivity index (χ4n) is 1.82. The van der Waals surface area contributed by atoms with E-state index in [1.807, 2.05) is 32.0 Å². The molecule has 1 aromatic rings. The summed E-state index contributed by atoms with van der Waals surface area (Å²) in [7, 11) is 0. The molecule has 0 radical (unpaired) electrons. The Morgan fingerprint density at radius 1 is 1.61 bits per heavy atom. The lowest BCUT2D eigenvalue weighted by molar-refractivity contribution is -0.117. The third-order valence-electron chi connectivity index (χ3n) is 2.80. The highest BCUT2D eigenvalue weighted by atomic mass is 32.2. The maximum absolute atomic E-state index is 12.0. The number of carbonyl (C=O) groups is 1. The van der Waals surface area contributed by atoms with Crippen LogP contribution in [-0.4, -0.2) is 30.2 Å². The Labute approximate surface area is 111 Å². The number of thioether (sulfide) groups is 1. The van der Waals surface area contributed by atoms with Crippen LogP contribution in [0.1, 0.15) is 12.5 Å². The zero-order valence-electron chi connectivity index (χ0n) is 10.7. The molecule has 18 heavy (non-hydrogen) atoms. The van der Waals surface area contributed by atoms with Gasteiger partial charge in [-0.3, -0.25) is 10.1 Å². The van der Waals surface area contributed by atoms with Crippen molar-refractivity contribution >= 4 is 23.4 Å². The Hall–Kier alpha value is -1.20. The van der Waals surface area contributed by atoms with Crippen LogP contribution in [0.5, 0.6) is 5.75 Å². The van der Waals surface area contributed by atoms with Crippen LogP contribution in [0.4, 0.5) is 5.69 Å². The van der Waals surface area contributed by atoms with Crippen LogP contribution in [0.3, 0.4) is 0 Å². The molecule has 0 aliphatic carbocycles. The number of hydrogen-bond donors (Lipinski definition) is 2. The van der Waals surface area contributed by atoms with E-state index in [0.717, 1.165) is 28.6 Å². The summed E-state index contributed by atoms with van der Waals surface area (Å²) < 4.78 is 5.42. The second-order valence-corrected chi connectivity index (χ2v) is 5.20. The zero-order valence-corrected chi connectivity index (χ0v) is 11.5. The summed E-state index contributed by atoms with van der Waals surface area (Å²) in [5.74, 6) is 2.55. The van der Waals surface area contributed by atoms with E-state index >= 15 is 0 Å². The van der Waals surface area contributed by atoms with Crippen molar-refractivity contribution in [2.24, 2.45) is 0 Å². The molecular weight excluding hydrogens is 248 g/mol. The lowest BCUT2D eigenvalue weighted by atomic mass is 10.2. The Morgan fingerprint density at radius 3 is 3.06 bits per heavy atom. The van der Waals surface area contributed by atoms with Gasteiger partial charge in [0.15, 0.2) is 0 Å². The lowest BCUT2D eigenvalue weighted by Gasteiger charge is -2.13. The molecule has 1 aliphatic rings. The molecule has 1 amide bonds. The monoisotopic (exact) mass is 266 g/mol. The fourth-order valence-corrected chi connectivity index (χ4v) is 2.76. The molecule has 98 valence electrons. The smallest absolute Gasteiger partial charge is 0.242 e. The van der Waals surface area contributed by atoms with E-state index in [-0.39, 0.29) is 11.9 Å². The van der Waals surface area contributed by atoms with E-state index in [4.69, 9.17) is 4.74 Å². The predicted octanol–water partition coefficient (Wildman–Crippen LogP) is 1.99. The quantitative estimate of drug-likeness (QED) is 0.875. The summed E-state index contributed by atoms with van der Waals surface area (Å²) in [6.07, 6.45) is 0. The third kappa shape index (κ3) is 3.17. The summed E-state index contributed by atoms with van der Waals surface area (Å²) in [4.78, 5) is 12.0. The lowest BCUT2D eigenvalue weighted by Crippen LogP contribution is -2.37. The minimum absolute atomic E-state index is 0.0345. The average Bonchev–Trinajstić information content (AvgIpc) is 2.86. The van der Waals surface area contributed by atoms with Gasteiger partial charge < -0.3 is 10.1 Å². The first-order valence-corrected chi connectivity index (χ1v) is 7.21. The molecule has 0 saturated carbocycles. The molecular formula is C13H18N2O2S. The fraction of sp³-hybridized carbons (Fsp3) is 0.462. The molecule has 0 aromatic heterocycles. The van der Waals surface area contributed by atoms with E-state index in [1.54, 1.807) is 11.8 Å². The van der Waals surface area contributed by atoms with E-state index in [2.05, 4.69) is 10.6 Å². The molecule has 4 nitrogen and oxygen atoms in total. The van der Waals surface area contributed by atoms with Gasteiger partial charge in [-0.15, -0.1) is 11.8 Å². The van der Waals surface area contributed by atoms with Crippen molar-refractivity contribution in [2.45, 2.75) is 19.9 Å². The number of amides is 1. The van der Waals surface area contributed by atoms with Gasteiger partial charge in [0.1, 0.15) is 5.75 Å². The SMILES string of the molecule is CCOc1ccc(NC(=O)C2CSCN2)c(C)c1. The van der Waals surface area contributed by atoms with E-state index in [1.165, 1.54) is 0 Å². The minimum Gasteiger partial charge on any atom is -0.494 e. The maximum atomic E-state index is 12.0. The normalized spacial score (nSPS) is 18.7.